The second kappa shape index (κ2) is 7.82. The van der Waals surface area contributed by atoms with Crippen molar-refractivity contribution >= 4 is 5.91 Å². The highest BCUT2D eigenvalue weighted by Crippen LogP contribution is 2.14. The van der Waals surface area contributed by atoms with Crippen LogP contribution in [0.15, 0.2) is 0 Å². The first-order chi connectivity index (χ1) is 9.01. The van der Waals surface area contributed by atoms with Crippen molar-refractivity contribution in [1.82, 2.24) is 10.2 Å². The van der Waals surface area contributed by atoms with Gasteiger partial charge < -0.3 is 15.2 Å². The van der Waals surface area contributed by atoms with Crippen LogP contribution in [0.5, 0.6) is 0 Å². The summed E-state index contributed by atoms with van der Waals surface area (Å²) < 4.78 is 5.60. The molecule has 1 fully saturated rings. The molecule has 0 saturated carbocycles. The predicted octanol–water partition coefficient (Wildman–Crippen LogP) is 0.761. The molecule has 1 rings (SSSR count). The number of amides is 1. The number of aliphatic hydroxyl groups excluding tert-OH is 1. The van der Waals surface area contributed by atoms with Crippen LogP contribution < -0.4 is 5.32 Å². The largest absolute Gasteiger partial charge is 0.394 e. The molecule has 0 radical (unpaired) electrons. The highest BCUT2D eigenvalue weighted by Gasteiger charge is 2.31. The van der Waals surface area contributed by atoms with Crippen LogP contribution in [0.3, 0.4) is 0 Å². The van der Waals surface area contributed by atoms with Crippen LogP contribution in [0.4, 0.5) is 0 Å². The second-order valence-electron chi connectivity index (χ2n) is 5.40. The number of carbonyl (C=O) groups is 1. The molecule has 1 saturated heterocycles. The Kier molecular flexibility index (Phi) is 6.75. The van der Waals surface area contributed by atoms with E-state index in [1.807, 2.05) is 13.8 Å². The number of aliphatic hydroxyl groups is 1. The van der Waals surface area contributed by atoms with Gasteiger partial charge >= 0.3 is 0 Å². The van der Waals surface area contributed by atoms with Gasteiger partial charge in [-0.15, -0.1) is 0 Å². The Labute approximate surface area is 116 Å². The smallest absolute Gasteiger partial charge is 0.237 e. The summed E-state index contributed by atoms with van der Waals surface area (Å²) in [6.07, 6.45) is 1.77. The first kappa shape index (κ1) is 16.4. The SMILES string of the molecule is CCC(CC)NC(=O)C(C)N1CC(C)OC(CO)C1. The van der Waals surface area contributed by atoms with Crippen molar-refractivity contribution in [3.8, 4) is 0 Å². The molecule has 3 atom stereocenters. The number of ether oxygens (including phenoxy) is 1. The zero-order chi connectivity index (χ0) is 14.4. The summed E-state index contributed by atoms with van der Waals surface area (Å²) in [5.41, 5.74) is 0. The zero-order valence-corrected chi connectivity index (χ0v) is 12.6. The number of hydrogen-bond acceptors (Lipinski definition) is 4. The van der Waals surface area contributed by atoms with Gasteiger partial charge in [-0.25, -0.2) is 0 Å². The van der Waals surface area contributed by atoms with Gasteiger partial charge in [0.25, 0.3) is 0 Å². The fourth-order valence-corrected chi connectivity index (χ4v) is 2.48. The number of carbonyl (C=O) groups excluding carboxylic acids is 1. The lowest BCUT2D eigenvalue weighted by atomic mass is 10.1. The molecule has 1 aliphatic heterocycles. The van der Waals surface area contributed by atoms with E-state index in [4.69, 9.17) is 4.74 Å². The Morgan fingerprint density at radius 3 is 2.58 bits per heavy atom. The quantitative estimate of drug-likeness (QED) is 0.749. The minimum Gasteiger partial charge on any atom is -0.394 e. The summed E-state index contributed by atoms with van der Waals surface area (Å²) in [6.45, 7) is 9.40. The zero-order valence-electron chi connectivity index (χ0n) is 12.6. The van der Waals surface area contributed by atoms with E-state index in [1.165, 1.54) is 0 Å². The van der Waals surface area contributed by atoms with Crippen LogP contribution >= 0.6 is 0 Å². The molecule has 3 unspecified atom stereocenters. The first-order valence-electron chi connectivity index (χ1n) is 7.32. The van der Waals surface area contributed by atoms with Crippen molar-refractivity contribution in [2.45, 2.75) is 64.8 Å². The molecule has 0 aromatic heterocycles. The molecule has 19 heavy (non-hydrogen) atoms. The Morgan fingerprint density at radius 1 is 1.42 bits per heavy atom. The standard InChI is InChI=1S/C14H28N2O3/c1-5-12(6-2)15-14(18)11(4)16-7-10(3)19-13(8-16)9-17/h10-13,17H,5-9H2,1-4H3,(H,15,18). The van der Waals surface area contributed by atoms with Gasteiger partial charge in [0.1, 0.15) is 0 Å². The van der Waals surface area contributed by atoms with Crippen molar-refractivity contribution in [1.29, 1.82) is 0 Å². The van der Waals surface area contributed by atoms with Gasteiger partial charge in [0, 0.05) is 19.1 Å². The molecule has 112 valence electrons. The topological polar surface area (TPSA) is 61.8 Å². The van der Waals surface area contributed by atoms with Gasteiger partial charge in [-0.05, 0) is 26.7 Å². The average Bonchev–Trinajstić information content (AvgIpc) is 2.42. The van der Waals surface area contributed by atoms with E-state index in [9.17, 15) is 9.90 Å². The lowest BCUT2D eigenvalue weighted by molar-refractivity contribution is -0.136. The maximum atomic E-state index is 12.2. The first-order valence-corrected chi connectivity index (χ1v) is 7.32. The summed E-state index contributed by atoms with van der Waals surface area (Å²) in [5.74, 6) is 0.0690. The minimum absolute atomic E-state index is 0.00171. The number of nitrogens with zero attached hydrogens (tertiary/aromatic N) is 1. The van der Waals surface area contributed by atoms with Gasteiger partial charge in [0.2, 0.25) is 5.91 Å². The van der Waals surface area contributed by atoms with Gasteiger partial charge in [-0.2, -0.15) is 0 Å². The number of rotatable bonds is 6. The fraction of sp³-hybridized carbons (Fsp3) is 0.929. The van der Waals surface area contributed by atoms with E-state index in [2.05, 4.69) is 24.1 Å². The summed E-state index contributed by atoms with van der Waals surface area (Å²) in [5, 5.41) is 12.3. The van der Waals surface area contributed by atoms with Gasteiger partial charge in [-0.1, -0.05) is 13.8 Å². The number of nitrogens with one attached hydrogen (secondary N) is 1. The van der Waals surface area contributed by atoms with Crippen LogP contribution in [-0.2, 0) is 9.53 Å². The van der Waals surface area contributed by atoms with Gasteiger partial charge in [-0.3, -0.25) is 9.69 Å². The maximum Gasteiger partial charge on any atom is 0.237 e. The molecule has 0 aromatic carbocycles. The minimum atomic E-state index is -0.188. The molecule has 0 bridgehead atoms. The molecule has 5 nitrogen and oxygen atoms in total. The molecule has 5 heteroatoms. The molecular weight excluding hydrogens is 244 g/mol. The summed E-state index contributed by atoms with van der Waals surface area (Å²) in [7, 11) is 0. The molecule has 0 aromatic rings. The van der Waals surface area contributed by atoms with Gasteiger partial charge in [0.05, 0.1) is 24.9 Å². The third-order valence-electron chi connectivity index (χ3n) is 3.82. The van der Waals surface area contributed by atoms with Crippen molar-refractivity contribution in [2.24, 2.45) is 0 Å². The normalized spacial score (nSPS) is 26.4. The lowest BCUT2D eigenvalue weighted by Crippen LogP contribution is -2.56. The highest BCUT2D eigenvalue weighted by molar-refractivity contribution is 5.81. The molecule has 1 aliphatic rings. The van der Waals surface area contributed by atoms with E-state index in [-0.39, 0.29) is 36.8 Å². The van der Waals surface area contributed by atoms with E-state index in [0.29, 0.717) is 6.54 Å². The summed E-state index contributed by atoms with van der Waals surface area (Å²) in [4.78, 5) is 14.3. The number of hydrogen-bond donors (Lipinski definition) is 2. The summed E-state index contributed by atoms with van der Waals surface area (Å²) in [6, 6.07) is 0.0723. The van der Waals surface area contributed by atoms with Crippen molar-refractivity contribution in [3.05, 3.63) is 0 Å². The van der Waals surface area contributed by atoms with Crippen LogP contribution in [0.25, 0.3) is 0 Å². The molecule has 1 heterocycles. The fourth-order valence-electron chi connectivity index (χ4n) is 2.48. The van der Waals surface area contributed by atoms with E-state index >= 15 is 0 Å². The molecule has 0 spiro atoms. The molecule has 2 N–H and O–H groups in total. The monoisotopic (exact) mass is 272 g/mol. The van der Waals surface area contributed by atoms with Crippen molar-refractivity contribution in [2.75, 3.05) is 19.7 Å². The maximum absolute atomic E-state index is 12.2. The Bertz CT molecular complexity index is 282. The van der Waals surface area contributed by atoms with Crippen molar-refractivity contribution < 1.29 is 14.6 Å². The second-order valence-corrected chi connectivity index (χ2v) is 5.40. The third kappa shape index (κ3) is 4.75. The van der Waals surface area contributed by atoms with Gasteiger partial charge in [0.15, 0.2) is 0 Å². The highest BCUT2D eigenvalue weighted by atomic mass is 16.5. The van der Waals surface area contributed by atoms with E-state index < -0.39 is 0 Å². The van der Waals surface area contributed by atoms with E-state index in [0.717, 1.165) is 19.4 Å². The van der Waals surface area contributed by atoms with Crippen LogP contribution in [0.1, 0.15) is 40.5 Å². The molecule has 1 amide bonds. The Hall–Kier alpha value is -0.650. The third-order valence-corrected chi connectivity index (χ3v) is 3.82. The van der Waals surface area contributed by atoms with Crippen LogP contribution in [-0.4, -0.2) is 59.9 Å². The van der Waals surface area contributed by atoms with E-state index in [1.54, 1.807) is 0 Å². The number of morpholine rings is 1. The van der Waals surface area contributed by atoms with Crippen LogP contribution in [0, 0.1) is 0 Å². The lowest BCUT2D eigenvalue weighted by Gasteiger charge is -2.39. The average molecular weight is 272 g/mol. The Morgan fingerprint density at radius 2 is 2.05 bits per heavy atom. The predicted molar refractivity (Wildman–Crippen MR) is 75.0 cm³/mol. The molecule has 0 aliphatic carbocycles. The molecular formula is C14H28N2O3. The van der Waals surface area contributed by atoms with Crippen molar-refractivity contribution in [3.63, 3.8) is 0 Å². The van der Waals surface area contributed by atoms with Crippen LogP contribution in [0.2, 0.25) is 0 Å². The Balaban J connectivity index is 2.55. The summed E-state index contributed by atoms with van der Waals surface area (Å²) >= 11 is 0.